The van der Waals surface area contributed by atoms with Crippen LogP contribution >= 0.6 is 24.0 Å². The maximum Gasteiger partial charge on any atom is 0.224 e. The topological polar surface area (TPSA) is 41.1 Å². The van der Waals surface area contributed by atoms with E-state index in [9.17, 15) is 9.18 Å². The van der Waals surface area contributed by atoms with Gasteiger partial charge in [0.25, 0.3) is 0 Å². The van der Waals surface area contributed by atoms with Gasteiger partial charge in [0.15, 0.2) is 0 Å². The van der Waals surface area contributed by atoms with Crippen LogP contribution in [0.1, 0.15) is 24.3 Å². The van der Waals surface area contributed by atoms with Crippen LogP contribution < -0.4 is 10.6 Å². The van der Waals surface area contributed by atoms with Gasteiger partial charge >= 0.3 is 0 Å². The Bertz CT molecular complexity index is 486. The summed E-state index contributed by atoms with van der Waals surface area (Å²) in [6.45, 7) is 1.77. The number of carbonyl (C=O) groups is 1. The average Bonchev–Trinajstić information content (AvgIpc) is 2.98. The van der Waals surface area contributed by atoms with Gasteiger partial charge in [0.1, 0.15) is 5.82 Å². The summed E-state index contributed by atoms with van der Waals surface area (Å²) in [6.07, 6.45) is 1.65. The molecular weight excluding hydrogens is 302 g/mol. The molecule has 2 aliphatic rings. The van der Waals surface area contributed by atoms with Crippen LogP contribution in [0.3, 0.4) is 0 Å². The smallest absolute Gasteiger partial charge is 0.224 e. The largest absolute Gasteiger partial charge is 0.352 e. The van der Waals surface area contributed by atoms with Gasteiger partial charge in [-0.3, -0.25) is 4.79 Å². The van der Waals surface area contributed by atoms with Crippen LogP contribution in [0.5, 0.6) is 0 Å². The summed E-state index contributed by atoms with van der Waals surface area (Å²) in [5.74, 6) is -0.480. The van der Waals surface area contributed by atoms with Crippen LogP contribution in [0.2, 0.25) is 5.02 Å². The molecule has 1 aliphatic heterocycles. The van der Waals surface area contributed by atoms with E-state index in [-0.39, 0.29) is 42.0 Å². The fourth-order valence-electron chi connectivity index (χ4n) is 2.75. The van der Waals surface area contributed by atoms with E-state index >= 15 is 0 Å². The van der Waals surface area contributed by atoms with Crippen molar-refractivity contribution in [2.45, 2.75) is 24.8 Å². The zero-order valence-electron chi connectivity index (χ0n) is 10.9. The predicted octanol–water partition coefficient (Wildman–Crippen LogP) is 2.48. The lowest BCUT2D eigenvalue weighted by Gasteiger charge is -2.11. The van der Waals surface area contributed by atoms with Gasteiger partial charge in [0.05, 0.1) is 0 Å². The summed E-state index contributed by atoms with van der Waals surface area (Å²) in [5.41, 5.74) is 0.494. The van der Waals surface area contributed by atoms with E-state index in [2.05, 4.69) is 10.6 Å². The average molecular weight is 319 g/mol. The molecule has 3 unspecified atom stereocenters. The van der Waals surface area contributed by atoms with Crippen LogP contribution in [0.15, 0.2) is 18.2 Å². The minimum absolute atomic E-state index is 0. The van der Waals surface area contributed by atoms with Gasteiger partial charge in [-0.05, 0) is 31.5 Å². The molecule has 3 atom stereocenters. The third-order valence-electron chi connectivity index (χ3n) is 3.90. The van der Waals surface area contributed by atoms with Crippen LogP contribution in [-0.2, 0) is 4.79 Å². The summed E-state index contributed by atoms with van der Waals surface area (Å²) in [7, 11) is 0. The number of nitrogens with one attached hydrogen (secondary N) is 2. The molecule has 3 rings (SSSR count). The minimum atomic E-state index is -0.310. The second-order valence-corrected chi connectivity index (χ2v) is 5.69. The monoisotopic (exact) mass is 318 g/mol. The molecule has 0 bridgehead atoms. The fourth-order valence-corrected chi connectivity index (χ4v) is 3.06. The van der Waals surface area contributed by atoms with Crippen LogP contribution in [-0.4, -0.2) is 25.0 Å². The quantitative estimate of drug-likeness (QED) is 0.899. The normalized spacial score (nSPS) is 27.8. The van der Waals surface area contributed by atoms with E-state index in [1.807, 2.05) is 0 Å². The van der Waals surface area contributed by atoms with Gasteiger partial charge in [0.2, 0.25) is 5.91 Å². The Hall–Kier alpha value is -0.840. The van der Waals surface area contributed by atoms with Crippen molar-refractivity contribution < 1.29 is 9.18 Å². The first-order valence-electron chi connectivity index (χ1n) is 6.62. The van der Waals surface area contributed by atoms with Gasteiger partial charge < -0.3 is 10.6 Å². The first kappa shape index (κ1) is 15.5. The Morgan fingerprint density at radius 1 is 1.45 bits per heavy atom. The van der Waals surface area contributed by atoms with Crippen molar-refractivity contribution in [1.82, 2.24) is 10.6 Å². The lowest BCUT2D eigenvalue weighted by atomic mass is 10.1. The maximum atomic E-state index is 13.8. The molecule has 0 spiro atoms. The van der Waals surface area contributed by atoms with Crippen molar-refractivity contribution in [3.05, 3.63) is 34.6 Å². The van der Waals surface area contributed by atoms with E-state index in [4.69, 9.17) is 11.6 Å². The van der Waals surface area contributed by atoms with Gasteiger partial charge in [-0.25, -0.2) is 4.39 Å². The minimum Gasteiger partial charge on any atom is -0.352 e. The molecule has 2 fully saturated rings. The van der Waals surface area contributed by atoms with E-state index in [0.717, 1.165) is 19.5 Å². The molecule has 0 radical (unpaired) electrons. The second-order valence-electron chi connectivity index (χ2n) is 5.28. The third kappa shape index (κ3) is 3.08. The van der Waals surface area contributed by atoms with Crippen molar-refractivity contribution in [2.24, 2.45) is 5.92 Å². The fraction of sp³-hybridized carbons (Fsp3) is 0.500. The molecule has 1 aromatic rings. The highest BCUT2D eigenvalue weighted by atomic mass is 35.5. The number of rotatable bonds is 3. The lowest BCUT2D eigenvalue weighted by Crippen LogP contribution is -2.37. The standard InChI is InChI=1S/C14H16ClFN2O.ClH/c15-11-2-1-3-12(16)13(11)9-6-10(9)14(19)18-8-4-5-17-7-8;/h1-3,8-10,17H,4-7H2,(H,18,19);1H. The molecule has 3 nitrogen and oxygen atoms in total. The van der Waals surface area contributed by atoms with Crippen molar-refractivity contribution in [2.75, 3.05) is 13.1 Å². The molecule has 1 aromatic carbocycles. The molecule has 6 heteroatoms. The number of halogens is 3. The van der Waals surface area contributed by atoms with Crippen LogP contribution in [0.25, 0.3) is 0 Å². The first-order valence-corrected chi connectivity index (χ1v) is 6.99. The zero-order valence-corrected chi connectivity index (χ0v) is 12.4. The number of hydrogen-bond acceptors (Lipinski definition) is 2. The number of carbonyl (C=O) groups excluding carboxylic acids is 1. The Labute approximate surface area is 128 Å². The van der Waals surface area contributed by atoms with E-state index < -0.39 is 0 Å². The van der Waals surface area contributed by atoms with Gasteiger partial charge in [0, 0.05) is 35.0 Å². The summed E-state index contributed by atoms with van der Waals surface area (Å²) in [6, 6.07) is 4.87. The summed E-state index contributed by atoms with van der Waals surface area (Å²) in [4.78, 5) is 12.1. The second kappa shape index (κ2) is 6.29. The Balaban J connectivity index is 0.00000147. The third-order valence-corrected chi connectivity index (χ3v) is 4.23. The van der Waals surface area contributed by atoms with Gasteiger partial charge in [-0.2, -0.15) is 0 Å². The molecule has 1 heterocycles. The Kier molecular flexibility index (Phi) is 4.89. The molecule has 1 saturated heterocycles. The van der Waals surface area contributed by atoms with Gasteiger partial charge in [-0.1, -0.05) is 17.7 Å². The predicted molar refractivity (Wildman–Crippen MR) is 78.9 cm³/mol. The van der Waals surface area contributed by atoms with Crippen molar-refractivity contribution in [3.8, 4) is 0 Å². The SMILES string of the molecule is Cl.O=C(NC1CCNC1)C1CC1c1c(F)cccc1Cl. The van der Waals surface area contributed by atoms with Crippen LogP contribution in [0, 0.1) is 11.7 Å². The molecule has 20 heavy (non-hydrogen) atoms. The van der Waals surface area contributed by atoms with Crippen molar-refractivity contribution in [1.29, 1.82) is 0 Å². The molecule has 110 valence electrons. The van der Waals surface area contributed by atoms with E-state index in [1.54, 1.807) is 12.1 Å². The zero-order chi connectivity index (χ0) is 13.4. The van der Waals surface area contributed by atoms with Crippen molar-refractivity contribution >= 4 is 29.9 Å². The highest BCUT2D eigenvalue weighted by Crippen LogP contribution is 2.50. The Morgan fingerprint density at radius 2 is 2.25 bits per heavy atom. The number of amides is 1. The van der Waals surface area contributed by atoms with Gasteiger partial charge in [-0.15, -0.1) is 12.4 Å². The highest BCUT2D eigenvalue weighted by Gasteiger charge is 2.46. The Morgan fingerprint density at radius 3 is 2.90 bits per heavy atom. The lowest BCUT2D eigenvalue weighted by molar-refractivity contribution is -0.123. The maximum absolute atomic E-state index is 13.8. The summed E-state index contributed by atoms with van der Waals surface area (Å²) < 4.78 is 13.8. The molecule has 0 aromatic heterocycles. The number of hydrogen-bond donors (Lipinski definition) is 2. The summed E-state index contributed by atoms with van der Waals surface area (Å²) in [5, 5.41) is 6.63. The molecular formula is C14H17Cl2FN2O. The molecule has 2 N–H and O–H groups in total. The van der Waals surface area contributed by atoms with E-state index in [1.165, 1.54) is 6.07 Å². The highest BCUT2D eigenvalue weighted by molar-refractivity contribution is 6.31. The summed E-state index contributed by atoms with van der Waals surface area (Å²) >= 11 is 6.02. The number of benzene rings is 1. The molecule has 1 amide bonds. The van der Waals surface area contributed by atoms with E-state index in [0.29, 0.717) is 17.0 Å². The molecule has 1 saturated carbocycles. The van der Waals surface area contributed by atoms with Crippen molar-refractivity contribution in [3.63, 3.8) is 0 Å². The first-order chi connectivity index (χ1) is 9.16. The van der Waals surface area contributed by atoms with Crippen LogP contribution in [0.4, 0.5) is 4.39 Å². The molecule has 1 aliphatic carbocycles.